The monoisotopic (exact) mass is 2440 g/mol. The summed E-state index contributed by atoms with van der Waals surface area (Å²) in [4.78, 5) is 12.4. The topological polar surface area (TPSA) is 164 Å². The molecule has 714 valence electrons. The first-order valence-corrected chi connectivity index (χ1v) is 46.9. The molecule has 17 nitrogen and oxygen atoms in total. The van der Waals surface area contributed by atoms with E-state index in [2.05, 4.69) is 264 Å². The van der Waals surface area contributed by atoms with Crippen molar-refractivity contribution >= 4 is 11.3 Å². The summed E-state index contributed by atoms with van der Waals surface area (Å²) >= 11 is 1.63. The first-order chi connectivity index (χ1) is 69.8. The fourth-order valence-electron chi connectivity index (χ4n) is 14.9. The van der Waals surface area contributed by atoms with E-state index >= 15 is 0 Å². The Morgan fingerprint density at radius 3 is 0.800 bits per heavy atom. The number of hydrogen-bond acceptors (Lipinski definition) is 11. The molecule has 21 heteroatoms. The number of benzene rings is 15. The second kappa shape index (κ2) is 55.1. The SMILES string of the molecule is Cc1cc(C)n(-c2[c-]cccc2)n1.Cc1cc(C)n(-c2[c-]cccc2)n1.Cc1cc(C)n(-c2[c-]cccc2)n1.Cn1ccnc1-c1[c-]cccc1.[Ir+3].[Ir+3].[Ir+3].[c-]1ccccc1-c1ncco1.[c-]1ccccc1-c1nccs1.[c-]1ccccc1-n1cc(-c2ccc(-c3ccccc3)cc2)cn1.[c-]1ccccc1-n1cc(-c2ccc(-c3ccccc3)cc2)cn1.[c-]1ccccc1-n1cc(-c2ccc(-c3ccccc3)cc2)cn1. The summed E-state index contributed by atoms with van der Waals surface area (Å²) in [6, 6.07) is 162. The summed E-state index contributed by atoms with van der Waals surface area (Å²) in [7, 11) is 1.98. The largest absolute Gasteiger partial charge is 3.00 e. The standard InChI is InChI=1S/3C21H15N2.3C11H11N2.C10H9N2.C9H6NO.C9H6NS.3Ir/c3*1-3-7-17(8-4-1)18-11-13-19(14-12-18)20-15-22-23(16-20)21-9-5-2-6-10-21;3*1-9-8-10(2)13(12-9)11-6-4-3-5-7-11;1-12-8-7-11-10(12)9-5-3-2-4-6-9;2*1-2-4-8(5-3-1)9-10-6-7-11-9;;;/h3*1-9,11-16H;3*3-6,8H,1-2H3;2-5,7-8H,1H3;2*1-4,6-7H;;;/q9*-1;3*+3. The molecule has 0 bridgehead atoms. The van der Waals surface area contributed by atoms with E-state index < -0.39 is 0 Å². The van der Waals surface area contributed by atoms with E-state index in [9.17, 15) is 0 Å². The summed E-state index contributed by atoms with van der Waals surface area (Å²) in [6.07, 6.45) is 20.4. The molecule has 0 aliphatic rings. The van der Waals surface area contributed by atoms with E-state index in [1.54, 1.807) is 36.2 Å². The van der Waals surface area contributed by atoms with Gasteiger partial charge >= 0.3 is 60.3 Å². The third kappa shape index (κ3) is 30.6. The van der Waals surface area contributed by atoms with Gasteiger partial charge < -0.3 is 8.98 Å². The van der Waals surface area contributed by atoms with Crippen LogP contribution in [0.25, 0.3) is 134 Å². The van der Waals surface area contributed by atoms with Crippen LogP contribution in [0.3, 0.4) is 0 Å². The Morgan fingerprint density at radius 2 is 0.545 bits per heavy atom. The molecule has 0 atom stereocenters. The van der Waals surface area contributed by atoms with E-state index in [1.807, 2.05) is 367 Å². The third-order valence-electron chi connectivity index (χ3n) is 21.8. The summed E-state index contributed by atoms with van der Waals surface area (Å²) in [6.45, 7) is 12.1. The van der Waals surface area contributed by atoms with Gasteiger partial charge in [-0.1, -0.05) is 169 Å². The third-order valence-corrected chi connectivity index (χ3v) is 22.7. The minimum Gasteiger partial charge on any atom is -0.489 e. The van der Waals surface area contributed by atoms with Crippen molar-refractivity contribution in [1.82, 2.24) is 78.2 Å². The second-order valence-electron chi connectivity index (χ2n) is 32.2. The molecular formula is C124H99Ir3N16OS. The van der Waals surface area contributed by atoms with Crippen LogP contribution < -0.4 is 0 Å². The molecule has 9 aromatic heterocycles. The van der Waals surface area contributed by atoms with Crippen LogP contribution in [-0.4, -0.2) is 78.2 Å². The zero-order valence-corrected chi connectivity index (χ0v) is 88.5. The van der Waals surface area contributed by atoms with Gasteiger partial charge in [0.05, 0.1) is 54.0 Å². The Labute approximate surface area is 892 Å². The predicted molar refractivity (Wildman–Crippen MR) is 570 cm³/mol. The second-order valence-corrected chi connectivity index (χ2v) is 33.1. The number of hydrogen-bond donors (Lipinski definition) is 0. The average molecular weight is 2440 g/mol. The number of thiazole rings is 1. The van der Waals surface area contributed by atoms with Crippen molar-refractivity contribution in [2.75, 3.05) is 0 Å². The molecule has 0 aliphatic heterocycles. The maximum Gasteiger partial charge on any atom is 3.00 e. The molecule has 15 aromatic carbocycles. The zero-order chi connectivity index (χ0) is 97.7. The smallest absolute Gasteiger partial charge is 0.489 e. The van der Waals surface area contributed by atoms with Gasteiger partial charge in [-0.3, -0.25) is 43.0 Å². The molecule has 9 heterocycles. The summed E-state index contributed by atoms with van der Waals surface area (Å²) < 4.78 is 18.3. The Morgan fingerprint density at radius 1 is 0.262 bits per heavy atom. The van der Waals surface area contributed by atoms with Crippen LogP contribution in [0.15, 0.2) is 478 Å². The molecule has 24 aromatic rings. The maximum absolute atomic E-state index is 5.08. The van der Waals surface area contributed by atoms with E-state index in [0.29, 0.717) is 5.89 Å². The van der Waals surface area contributed by atoms with Crippen molar-refractivity contribution in [3.05, 3.63) is 563 Å². The van der Waals surface area contributed by atoms with E-state index in [-0.39, 0.29) is 60.3 Å². The van der Waals surface area contributed by atoms with Gasteiger partial charge in [0.1, 0.15) is 5.89 Å². The van der Waals surface area contributed by atoms with Gasteiger partial charge in [0.25, 0.3) is 0 Å². The molecule has 145 heavy (non-hydrogen) atoms. The first-order valence-electron chi connectivity index (χ1n) is 46.0. The Hall–Kier alpha value is -16.4. The molecule has 0 N–H and O–H groups in total. The average Bonchev–Trinajstić information content (AvgIpc) is 1.74. The van der Waals surface area contributed by atoms with Gasteiger partial charge in [0.2, 0.25) is 0 Å². The number of nitrogens with zero attached hydrogens (tertiary/aromatic N) is 16. The molecule has 0 fully saturated rings. The summed E-state index contributed by atoms with van der Waals surface area (Å²) in [5, 5.41) is 29.4. The zero-order valence-electron chi connectivity index (χ0n) is 80.5. The number of aryl methyl sites for hydroxylation is 7. The van der Waals surface area contributed by atoms with Gasteiger partial charge in [-0.25, -0.2) is 0 Å². The first kappa shape index (κ1) is 106. The van der Waals surface area contributed by atoms with Gasteiger partial charge in [-0.05, 0) is 144 Å². The Kier molecular flexibility index (Phi) is 40.2. The van der Waals surface area contributed by atoms with Crippen molar-refractivity contribution < 1.29 is 64.7 Å². The normalized spacial score (nSPS) is 10.1. The number of rotatable bonds is 15. The molecule has 0 saturated carbocycles. The van der Waals surface area contributed by atoms with Crippen LogP contribution in [0.5, 0.6) is 0 Å². The van der Waals surface area contributed by atoms with E-state index in [1.165, 1.54) is 33.4 Å². The van der Waals surface area contributed by atoms with Gasteiger partial charge in [0, 0.05) is 88.4 Å². The molecule has 0 unspecified atom stereocenters. The number of para-hydroxylation sites is 6. The minimum atomic E-state index is 0. The minimum absolute atomic E-state index is 0. The number of aromatic nitrogens is 16. The van der Waals surface area contributed by atoms with Crippen molar-refractivity contribution in [2.24, 2.45) is 7.05 Å². The van der Waals surface area contributed by atoms with Crippen molar-refractivity contribution in [3.8, 4) is 134 Å². The predicted octanol–water partition coefficient (Wildman–Crippen LogP) is 28.5. The summed E-state index contributed by atoms with van der Waals surface area (Å²) in [5.41, 5.74) is 29.5. The fraction of sp³-hybridized carbons (Fsp3) is 0.0565. The Bertz CT molecular complexity index is 7120. The molecule has 0 saturated heterocycles. The van der Waals surface area contributed by atoms with Crippen molar-refractivity contribution in [1.29, 1.82) is 0 Å². The van der Waals surface area contributed by atoms with Crippen LogP contribution >= 0.6 is 11.3 Å². The molecule has 0 amide bonds. The molecule has 24 rings (SSSR count). The van der Waals surface area contributed by atoms with Gasteiger partial charge in [-0.2, -0.15) is 188 Å². The fourth-order valence-corrected chi connectivity index (χ4v) is 15.6. The van der Waals surface area contributed by atoms with Crippen LogP contribution in [-0.2, 0) is 67.4 Å². The number of oxazole rings is 1. The van der Waals surface area contributed by atoms with E-state index in [4.69, 9.17) is 4.42 Å². The van der Waals surface area contributed by atoms with Crippen molar-refractivity contribution in [3.63, 3.8) is 0 Å². The van der Waals surface area contributed by atoms with Crippen LogP contribution in [0.2, 0.25) is 0 Å². The van der Waals surface area contributed by atoms with Crippen LogP contribution in [0.1, 0.15) is 34.2 Å². The van der Waals surface area contributed by atoms with Gasteiger partial charge in [0.15, 0.2) is 0 Å². The van der Waals surface area contributed by atoms with Gasteiger partial charge in [-0.15, -0.1) is 139 Å². The van der Waals surface area contributed by atoms with Crippen LogP contribution in [0.4, 0.5) is 0 Å². The van der Waals surface area contributed by atoms with Crippen LogP contribution in [0, 0.1) is 96.1 Å². The molecule has 0 aliphatic carbocycles. The number of imidazole rings is 1. The molecule has 0 radical (unpaired) electrons. The van der Waals surface area contributed by atoms with E-state index in [0.717, 1.165) is 129 Å². The molecular weight excluding hydrogens is 2340 g/mol. The quantitative estimate of drug-likeness (QED) is 0.0903. The Balaban J connectivity index is 0.000000138. The summed E-state index contributed by atoms with van der Waals surface area (Å²) in [5.74, 6) is 1.57. The maximum atomic E-state index is 5.08. The van der Waals surface area contributed by atoms with Crippen molar-refractivity contribution in [2.45, 2.75) is 41.5 Å². The molecule has 0 spiro atoms.